The number of aromatic carboxylic acids is 1. The fourth-order valence-corrected chi connectivity index (χ4v) is 13.1. The predicted molar refractivity (Wildman–Crippen MR) is 320 cm³/mol. The second-order valence-electron chi connectivity index (χ2n) is 24.3. The molecule has 3 fully saturated rings. The highest BCUT2D eigenvalue weighted by atomic mass is 32.2. The summed E-state index contributed by atoms with van der Waals surface area (Å²) in [7, 11) is 8.72. The van der Waals surface area contributed by atoms with Gasteiger partial charge in [0.25, 0.3) is 0 Å². The number of aliphatic hydroxyl groups excluding tert-OH is 2. The van der Waals surface area contributed by atoms with Crippen molar-refractivity contribution in [3.05, 3.63) is 40.2 Å². The van der Waals surface area contributed by atoms with E-state index in [9.17, 15) is 44.7 Å². The maximum atomic E-state index is 14.8. The summed E-state index contributed by atoms with van der Waals surface area (Å²) in [5.74, 6) is -5.54. The molecule has 478 valence electrons. The Morgan fingerprint density at radius 2 is 1.60 bits per heavy atom. The number of hydrogen-bond acceptors (Lipinski definition) is 22. The van der Waals surface area contributed by atoms with Crippen molar-refractivity contribution in [3.63, 3.8) is 0 Å². The van der Waals surface area contributed by atoms with Crippen molar-refractivity contribution >= 4 is 46.3 Å². The summed E-state index contributed by atoms with van der Waals surface area (Å²) in [4.78, 5) is 64.1. The number of hydrogen-bond donors (Lipinski definition) is 6. The van der Waals surface area contributed by atoms with Gasteiger partial charge in [0.1, 0.15) is 35.6 Å². The van der Waals surface area contributed by atoms with Gasteiger partial charge < -0.3 is 83.7 Å². The Kier molecular flexibility index (Phi) is 25.9. The summed E-state index contributed by atoms with van der Waals surface area (Å²) in [5, 5.41) is 68.9. The number of aromatic nitrogens is 1. The number of nitrogens with zero attached hydrogens (tertiary/aromatic N) is 5. The highest BCUT2D eigenvalue weighted by molar-refractivity contribution is 7.99. The minimum atomic E-state index is -2.00. The van der Waals surface area contributed by atoms with Crippen LogP contribution in [0.5, 0.6) is 0 Å². The van der Waals surface area contributed by atoms with Crippen molar-refractivity contribution in [2.75, 3.05) is 85.4 Å². The molecule has 3 aliphatic rings. The standard InChI is InChI=1S/C60H100N6O17S/c1-18-45-60(12,75)52(70)36(6)48(62-77-27-26-65(19-2)20-3)34(4)31-58(10,74)53(83-57-50(69)44(63(13)14)29-35(5)78-57)37(7)51(38(8)56(73)80-45)82-47-32-59(11,76-17)54(39(9)79-47)81-46(67)23-24-61-25-28-84-40-21-22-43-41(30-40)49(68)42(55(71)72)33-66(43)64(15)16/h21-22,30,33-39,44-45,47,50-54,57,61,69-70,74-75H,18-20,23-29,31-32H2,1-17H3,(H,71,72)/b62-48+/t34-,35-,36+,37+,38-,39+,44+,45-,47+,50-,51+,52-,53-,54+,57+,58-,59-,60-/m1/s1. The van der Waals surface area contributed by atoms with Crippen LogP contribution in [-0.2, 0) is 47.6 Å². The minimum Gasteiger partial charge on any atom is -0.477 e. The molecule has 0 amide bonds. The molecule has 84 heavy (non-hydrogen) atoms. The molecule has 0 aliphatic carbocycles. The number of fused-ring (bicyclic) bond motifs is 1. The number of aliphatic hydroxyl groups is 4. The van der Waals surface area contributed by atoms with Gasteiger partial charge in [0.2, 0.25) is 5.43 Å². The summed E-state index contributed by atoms with van der Waals surface area (Å²) in [5.41, 5.74) is -4.96. The molecule has 1 aromatic heterocycles. The van der Waals surface area contributed by atoms with Gasteiger partial charge in [-0.25, -0.2) is 4.79 Å². The normalized spacial score (nSPS) is 35.2. The number of cyclic esters (lactones) is 1. The molecule has 18 atom stereocenters. The highest BCUT2D eigenvalue weighted by Crippen LogP contribution is 2.42. The van der Waals surface area contributed by atoms with Crippen LogP contribution in [0.15, 0.2) is 39.2 Å². The second kappa shape index (κ2) is 30.7. The number of carbonyl (C=O) groups excluding carboxylic acids is 2. The smallest absolute Gasteiger partial charge is 0.341 e. The maximum Gasteiger partial charge on any atom is 0.341 e. The number of benzene rings is 1. The Morgan fingerprint density at radius 3 is 2.20 bits per heavy atom. The zero-order chi connectivity index (χ0) is 62.8. The van der Waals surface area contributed by atoms with Gasteiger partial charge in [0, 0.05) is 93.3 Å². The van der Waals surface area contributed by atoms with Crippen LogP contribution in [0.4, 0.5) is 0 Å². The van der Waals surface area contributed by atoms with Crippen LogP contribution in [0.25, 0.3) is 10.9 Å². The van der Waals surface area contributed by atoms with Crippen LogP contribution in [0, 0.1) is 23.7 Å². The molecule has 0 spiro atoms. The lowest BCUT2D eigenvalue weighted by Gasteiger charge is -2.49. The number of methoxy groups -OCH3 is 1. The number of carboxylic acid groups (broad SMARTS) is 1. The number of nitrogens with one attached hydrogen (secondary N) is 1. The Balaban J connectivity index is 1.39. The van der Waals surface area contributed by atoms with E-state index in [-0.39, 0.29) is 61.9 Å². The minimum absolute atomic E-state index is 0.0108. The molecule has 2 aromatic rings. The van der Waals surface area contributed by atoms with Crippen LogP contribution >= 0.6 is 11.8 Å². The van der Waals surface area contributed by atoms with Crippen molar-refractivity contribution in [1.82, 2.24) is 19.8 Å². The predicted octanol–water partition coefficient (Wildman–Crippen LogP) is 4.46. The fourth-order valence-electron chi connectivity index (χ4n) is 12.3. The number of oxime groups is 1. The molecule has 0 radical (unpaired) electrons. The van der Waals surface area contributed by atoms with Gasteiger partial charge in [0.15, 0.2) is 18.7 Å². The first-order chi connectivity index (χ1) is 39.4. The number of esters is 2. The van der Waals surface area contributed by atoms with Crippen LogP contribution in [0.1, 0.15) is 126 Å². The summed E-state index contributed by atoms with van der Waals surface area (Å²) >= 11 is 1.47. The average molecular weight is 1210 g/mol. The van der Waals surface area contributed by atoms with Gasteiger partial charge in [-0.15, -0.1) is 11.8 Å². The lowest BCUT2D eigenvalue weighted by atomic mass is 9.73. The summed E-state index contributed by atoms with van der Waals surface area (Å²) in [6.45, 7) is 24.4. The zero-order valence-electron chi connectivity index (χ0n) is 52.7. The molecule has 23 nitrogen and oxygen atoms in total. The number of carboxylic acids is 1. The highest BCUT2D eigenvalue weighted by Gasteiger charge is 2.54. The number of rotatable bonds is 23. The molecule has 24 heteroatoms. The molecule has 0 saturated carbocycles. The Morgan fingerprint density at radius 1 is 0.917 bits per heavy atom. The SMILES string of the molecule is CC[C@H]1OC(=O)[C@H](C)[C@@H](O[C@H]2C[C@@](C)(OC)[C@@H](OC(=O)CCNCCSc3ccc4c(c3)c(=O)c(C(=O)O)cn4N(C)C)[C@H](C)O2)[C@H](C)[C@@H](O[C@@H]2O[C@H](C)C[C@H](N(C)C)[C@H]2O)[C@](C)(O)C[C@@H](C)/C(=N\OCCN(CC)CC)[C@H](C)[C@@H](O)[C@]1(C)O. The van der Waals surface area contributed by atoms with Gasteiger partial charge in [-0.1, -0.05) is 46.7 Å². The monoisotopic (exact) mass is 1210 g/mol. The van der Waals surface area contributed by atoms with E-state index < -0.39 is 119 Å². The molecule has 0 bridgehead atoms. The van der Waals surface area contributed by atoms with E-state index in [1.165, 1.54) is 32.0 Å². The first kappa shape index (κ1) is 70.7. The molecule has 5 rings (SSSR count). The Hall–Kier alpha value is -4.02. The molecule has 3 aliphatic heterocycles. The van der Waals surface area contributed by atoms with E-state index in [1.54, 1.807) is 84.4 Å². The van der Waals surface area contributed by atoms with E-state index in [2.05, 4.69) is 29.2 Å². The van der Waals surface area contributed by atoms with Crippen molar-refractivity contribution in [2.45, 2.75) is 204 Å². The van der Waals surface area contributed by atoms with Crippen molar-refractivity contribution in [1.29, 1.82) is 0 Å². The lowest BCUT2D eigenvalue weighted by molar-refractivity contribution is -0.318. The zero-order valence-corrected chi connectivity index (χ0v) is 53.6. The van der Waals surface area contributed by atoms with Crippen LogP contribution in [-0.4, -0.2) is 228 Å². The van der Waals surface area contributed by atoms with Gasteiger partial charge in [-0.3, -0.25) is 19.1 Å². The van der Waals surface area contributed by atoms with Gasteiger partial charge >= 0.3 is 17.9 Å². The molecular formula is C60H100N6O17S. The van der Waals surface area contributed by atoms with Crippen molar-refractivity contribution in [2.24, 2.45) is 28.8 Å². The van der Waals surface area contributed by atoms with E-state index in [0.29, 0.717) is 36.5 Å². The van der Waals surface area contributed by atoms with Crippen molar-refractivity contribution < 1.29 is 77.9 Å². The van der Waals surface area contributed by atoms with Gasteiger partial charge in [-0.2, -0.15) is 0 Å². The second-order valence-corrected chi connectivity index (χ2v) is 25.5. The topological polar surface area (TPSA) is 282 Å². The average Bonchev–Trinajstić information content (AvgIpc) is 2.25. The third kappa shape index (κ3) is 17.2. The quantitative estimate of drug-likeness (QED) is 0.0388. The first-order valence-corrected chi connectivity index (χ1v) is 30.8. The number of ether oxygens (including phenoxy) is 7. The van der Waals surface area contributed by atoms with Gasteiger partial charge in [0.05, 0.1) is 59.7 Å². The van der Waals surface area contributed by atoms with Crippen LogP contribution in [0.2, 0.25) is 0 Å². The molecule has 1 aromatic carbocycles. The van der Waals surface area contributed by atoms with E-state index in [4.69, 9.17) is 38.0 Å². The third-order valence-corrected chi connectivity index (χ3v) is 18.3. The molecule has 0 unspecified atom stereocenters. The van der Waals surface area contributed by atoms with Crippen LogP contribution in [0.3, 0.4) is 0 Å². The molecule has 4 heterocycles. The van der Waals surface area contributed by atoms with E-state index >= 15 is 0 Å². The number of pyridine rings is 1. The van der Waals surface area contributed by atoms with E-state index in [0.717, 1.165) is 18.0 Å². The van der Waals surface area contributed by atoms with Crippen molar-refractivity contribution in [3.8, 4) is 0 Å². The number of thioether (sulfide) groups is 1. The molecular weight excluding hydrogens is 1110 g/mol. The maximum absolute atomic E-state index is 14.8. The fraction of sp³-hybridized carbons (Fsp3) is 0.783. The Bertz CT molecular complexity index is 2570. The summed E-state index contributed by atoms with van der Waals surface area (Å²) < 4.78 is 46.8. The summed E-state index contributed by atoms with van der Waals surface area (Å²) in [6.07, 6.45) is -8.78. The van der Waals surface area contributed by atoms with E-state index in [1.807, 2.05) is 38.9 Å². The third-order valence-electron chi connectivity index (χ3n) is 17.3. The van der Waals surface area contributed by atoms with Gasteiger partial charge in [-0.05, 0) is 106 Å². The first-order valence-electron chi connectivity index (χ1n) is 29.8. The Labute approximate surface area is 500 Å². The lowest BCUT2D eigenvalue weighted by Crippen LogP contribution is -2.61. The number of likely N-dealkylation sites (N-methyl/N-ethyl adjacent to an activating group) is 2. The summed E-state index contributed by atoms with van der Waals surface area (Å²) in [6, 6.07) is 4.98. The number of carbonyl (C=O) groups is 3. The molecule has 6 N–H and O–H groups in total. The largest absolute Gasteiger partial charge is 0.477 e. The molecule has 3 saturated heterocycles. The van der Waals surface area contributed by atoms with Crippen LogP contribution < -0.4 is 15.8 Å².